The van der Waals surface area contributed by atoms with Gasteiger partial charge in [-0.05, 0) is 24.6 Å². The predicted molar refractivity (Wildman–Crippen MR) is 106 cm³/mol. The lowest BCUT2D eigenvalue weighted by Gasteiger charge is -2.35. The summed E-state index contributed by atoms with van der Waals surface area (Å²) in [4.78, 5) is 31.0. The van der Waals surface area contributed by atoms with E-state index in [1.165, 1.54) is 0 Å². The molecule has 1 fully saturated rings. The third-order valence-electron chi connectivity index (χ3n) is 5.30. The van der Waals surface area contributed by atoms with Crippen LogP contribution in [0.2, 0.25) is 0 Å². The molecule has 5 heteroatoms. The van der Waals surface area contributed by atoms with Crippen molar-refractivity contribution in [3.8, 4) is 0 Å². The van der Waals surface area contributed by atoms with Crippen LogP contribution in [0.5, 0.6) is 0 Å². The molecule has 142 valence electrons. The summed E-state index contributed by atoms with van der Waals surface area (Å²) in [5.41, 5.74) is 1.85. The first-order valence-electron chi connectivity index (χ1n) is 9.43. The third kappa shape index (κ3) is 4.74. The molecule has 1 aliphatic rings. The Balaban J connectivity index is 1.50. The molecule has 0 radical (unpaired) electrons. The molecule has 2 amide bonds. The molecule has 0 N–H and O–H groups in total. The van der Waals surface area contributed by atoms with E-state index in [0.29, 0.717) is 19.6 Å². The van der Waals surface area contributed by atoms with Gasteiger partial charge in [0.2, 0.25) is 5.91 Å². The van der Waals surface area contributed by atoms with Crippen LogP contribution in [0.4, 0.5) is 0 Å². The average Bonchev–Trinajstić information content (AvgIpc) is 2.74. The van der Waals surface area contributed by atoms with E-state index in [1.807, 2.05) is 79.5 Å². The first kappa shape index (κ1) is 19.1. The summed E-state index contributed by atoms with van der Waals surface area (Å²) in [6.45, 7) is 5.18. The number of carbonyl (C=O) groups is 2. The zero-order chi connectivity index (χ0) is 19.2. The molecule has 0 saturated carbocycles. The minimum atomic E-state index is 0.0413. The Labute approximate surface area is 161 Å². The Kier molecular flexibility index (Phi) is 6.24. The van der Waals surface area contributed by atoms with E-state index in [2.05, 4.69) is 4.90 Å². The first-order chi connectivity index (χ1) is 13.1. The lowest BCUT2D eigenvalue weighted by molar-refractivity contribution is -0.133. The van der Waals surface area contributed by atoms with Crippen molar-refractivity contribution in [3.63, 3.8) is 0 Å². The van der Waals surface area contributed by atoms with Gasteiger partial charge in [-0.15, -0.1) is 0 Å². The van der Waals surface area contributed by atoms with Crippen molar-refractivity contribution >= 4 is 11.8 Å². The molecular formula is C22H27N3O2. The van der Waals surface area contributed by atoms with Crippen molar-refractivity contribution in [2.24, 2.45) is 0 Å². The Hall–Kier alpha value is -2.66. The molecule has 2 aromatic rings. The van der Waals surface area contributed by atoms with Gasteiger partial charge in [0.05, 0.1) is 12.6 Å². The fraction of sp³-hybridized carbons (Fsp3) is 0.364. The molecule has 1 unspecified atom stereocenters. The number of nitrogens with zero attached hydrogens (tertiary/aromatic N) is 3. The zero-order valence-electron chi connectivity index (χ0n) is 16.0. The maximum atomic E-state index is 12.7. The van der Waals surface area contributed by atoms with Gasteiger partial charge in [0, 0.05) is 38.8 Å². The third-order valence-corrected chi connectivity index (χ3v) is 5.30. The van der Waals surface area contributed by atoms with E-state index < -0.39 is 0 Å². The van der Waals surface area contributed by atoms with Gasteiger partial charge >= 0.3 is 0 Å². The molecule has 0 aromatic heterocycles. The van der Waals surface area contributed by atoms with E-state index in [-0.39, 0.29) is 17.9 Å². The molecule has 0 spiro atoms. The van der Waals surface area contributed by atoms with Crippen LogP contribution in [0.3, 0.4) is 0 Å². The number of carbonyl (C=O) groups excluding carboxylic acids is 2. The predicted octanol–water partition coefficient (Wildman–Crippen LogP) is 2.66. The zero-order valence-corrected chi connectivity index (χ0v) is 16.0. The minimum Gasteiger partial charge on any atom is -0.338 e. The molecule has 2 aromatic carbocycles. The SMILES string of the molecule is CC(c1ccccc1)N(C)C(=O)CN1CCN(C(=O)c2ccccc2)CC1. The van der Waals surface area contributed by atoms with Crippen LogP contribution < -0.4 is 0 Å². The number of piperazine rings is 1. The molecule has 27 heavy (non-hydrogen) atoms. The van der Waals surface area contributed by atoms with Crippen LogP contribution in [0.15, 0.2) is 60.7 Å². The molecule has 0 aliphatic carbocycles. The van der Waals surface area contributed by atoms with Crippen molar-refractivity contribution in [2.75, 3.05) is 39.8 Å². The largest absolute Gasteiger partial charge is 0.338 e. The maximum Gasteiger partial charge on any atom is 0.253 e. The van der Waals surface area contributed by atoms with Crippen LogP contribution in [-0.4, -0.2) is 66.3 Å². The summed E-state index contributed by atoms with van der Waals surface area (Å²) in [7, 11) is 1.86. The number of rotatable bonds is 5. The fourth-order valence-electron chi connectivity index (χ4n) is 3.35. The number of amides is 2. The van der Waals surface area contributed by atoms with Crippen LogP contribution in [-0.2, 0) is 4.79 Å². The second-order valence-corrected chi connectivity index (χ2v) is 7.03. The summed E-state index contributed by atoms with van der Waals surface area (Å²) in [6, 6.07) is 19.5. The highest BCUT2D eigenvalue weighted by molar-refractivity contribution is 5.94. The minimum absolute atomic E-state index is 0.0413. The maximum absolute atomic E-state index is 12.7. The molecule has 1 atom stereocenters. The van der Waals surface area contributed by atoms with Crippen LogP contribution >= 0.6 is 0 Å². The molecule has 3 rings (SSSR count). The number of benzene rings is 2. The Morgan fingerprint density at radius 1 is 0.926 bits per heavy atom. The van der Waals surface area contributed by atoms with Crippen LogP contribution in [0.25, 0.3) is 0 Å². The Bertz CT molecular complexity index is 756. The summed E-state index contributed by atoms with van der Waals surface area (Å²) in [5, 5.41) is 0. The van der Waals surface area contributed by atoms with Crippen molar-refractivity contribution in [3.05, 3.63) is 71.8 Å². The number of hydrogen-bond donors (Lipinski definition) is 0. The summed E-state index contributed by atoms with van der Waals surface area (Å²) < 4.78 is 0. The van der Waals surface area contributed by atoms with Gasteiger partial charge in [0.15, 0.2) is 0 Å². The number of likely N-dealkylation sites (N-methyl/N-ethyl adjacent to an activating group) is 1. The molecular weight excluding hydrogens is 338 g/mol. The molecule has 5 nitrogen and oxygen atoms in total. The second kappa shape index (κ2) is 8.82. The van der Waals surface area contributed by atoms with Gasteiger partial charge in [0.25, 0.3) is 5.91 Å². The average molecular weight is 365 g/mol. The quantitative estimate of drug-likeness (QED) is 0.818. The summed E-state index contributed by atoms with van der Waals surface area (Å²) >= 11 is 0. The highest BCUT2D eigenvalue weighted by Gasteiger charge is 2.25. The van der Waals surface area contributed by atoms with Gasteiger partial charge in [-0.1, -0.05) is 48.5 Å². The van der Waals surface area contributed by atoms with Gasteiger partial charge in [-0.2, -0.15) is 0 Å². The molecule has 0 bridgehead atoms. The number of hydrogen-bond acceptors (Lipinski definition) is 3. The van der Waals surface area contributed by atoms with Crippen molar-refractivity contribution in [2.45, 2.75) is 13.0 Å². The Morgan fingerprint density at radius 3 is 2.07 bits per heavy atom. The van der Waals surface area contributed by atoms with Crippen molar-refractivity contribution in [1.29, 1.82) is 0 Å². The lowest BCUT2D eigenvalue weighted by atomic mass is 10.1. The highest BCUT2D eigenvalue weighted by Crippen LogP contribution is 2.18. The normalized spacial score (nSPS) is 16.0. The van der Waals surface area contributed by atoms with Gasteiger partial charge in [-0.3, -0.25) is 14.5 Å². The van der Waals surface area contributed by atoms with E-state index in [9.17, 15) is 9.59 Å². The van der Waals surface area contributed by atoms with Gasteiger partial charge in [0.1, 0.15) is 0 Å². The first-order valence-corrected chi connectivity index (χ1v) is 9.43. The monoisotopic (exact) mass is 365 g/mol. The van der Waals surface area contributed by atoms with Crippen LogP contribution in [0.1, 0.15) is 28.9 Å². The van der Waals surface area contributed by atoms with Crippen LogP contribution in [0, 0.1) is 0 Å². The summed E-state index contributed by atoms with van der Waals surface area (Å²) in [6.07, 6.45) is 0. The molecule has 1 heterocycles. The van der Waals surface area contributed by atoms with E-state index in [4.69, 9.17) is 0 Å². The van der Waals surface area contributed by atoms with Crippen molar-refractivity contribution < 1.29 is 9.59 Å². The van der Waals surface area contributed by atoms with Crippen molar-refractivity contribution in [1.82, 2.24) is 14.7 Å². The molecule has 1 saturated heterocycles. The standard InChI is InChI=1S/C22H27N3O2/c1-18(19-9-5-3-6-10-19)23(2)21(26)17-24-13-15-25(16-14-24)22(27)20-11-7-4-8-12-20/h3-12,18H,13-17H2,1-2H3. The summed E-state index contributed by atoms with van der Waals surface area (Å²) in [5.74, 6) is 0.172. The second-order valence-electron chi connectivity index (χ2n) is 7.03. The highest BCUT2D eigenvalue weighted by atomic mass is 16.2. The van der Waals surface area contributed by atoms with E-state index in [1.54, 1.807) is 4.90 Å². The van der Waals surface area contributed by atoms with Gasteiger partial charge < -0.3 is 9.80 Å². The van der Waals surface area contributed by atoms with E-state index in [0.717, 1.165) is 24.2 Å². The topological polar surface area (TPSA) is 43.9 Å². The van der Waals surface area contributed by atoms with Gasteiger partial charge in [-0.25, -0.2) is 0 Å². The molecule has 1 aliphatic heterocycles. The smallest absolute Gasteiger partial charge is 0.253 e. The Morgan fingerprint density at radius 2 is 1.48 bits per heavy atom. The fourth-order valence-corrected chi connectivity index (χ4v) is 3.35. The lowest BCUT2D eigenvalue weighted by Crippen LogP contribution is -2.51. The van der Waals surface area contributed by atoms with E-state index >= 15 is 0 Å².